The normalized spacial score (nSPS) is 13.8. The van der Waals surface area contributed by atoms with E-state index in [2.05, 4.69) is 32.9 Å². The van der Waals surface area contributed by atoms with Crippen molar-refractivity contribution in [2.24, 2.45) is 5.92 Å². The number of ether oxygens (including phenoxy) is 4. The first-order valence-electron chi connectivity index (χ1n) is 9.89. The second-order valence-corrected chi connectivity index (χ2v) is 7.42. The topological polar surface area (TPSA) is 36.9 Å². The molecule has 1 aliphatic heterocycles. The molecule has 146 valence electrons. The molecule has 3 rings (SSSR count). The summed E-state index contributed by atoms with van der Waals surface area (Å²) in [5.41, 5.74) is 2.40. The third kappa shape index (κ3) is 5.90. The van der Waals surface area contributed by atoms with E-state index >= 15 is 0 Å². The molecule has 1 atom stereocenters. The SMILES string of the molecule is CCCCc1ccc(OC(CC(C)C)OCc2ccc3c(c2)OCO3)cc1. The summed E-state index contributed by atoms with van der Waals surface area (Å²) in [5.74, 6) is 2.90. The van der Waals surface area contributed by atoms with Crippen LogP contribution in [-0.2, 0) is 17.8 Å². The first kappa shape index (κ1) is 19.6. The molecule has 0 saturated heterocycles. The van der Waals surface area contributed by atoms with E-state index in [1.54, 1.807) is 0 Å². The molecule has 1 heterocycles. The van der Waals surface area contributed by atoms with Gasteiger partial charge in [0.1, 0.15) is 5.75 Å². The van der Waals surface area contributed by atoms with Crippen LogP contribution in [0.4, 0.5) is 0 Å². The zero-order chi connectivity index (χ0) is 19.1. The molecule has 2 aromatic rings. The van der Waals surface area contributed by atoms with Crippen molar-refractivity contribution in [1.29, 1.82) is 0 Å². The molecule has 4 heteroatoms. The fourth-order valence-electron chi connectivity index (χ4n) is 3.02. The molecule has 27 heavy (non-hydrogen) atoms. The molecular weight excluding hydrogens is 340 g/mol. The number of hydrogen-bond acceptors (Lipinski definition) is 4. The molecule has 4 nitrogen and oxygen atoms in total. The lowest BCUT2D eigenvalue weighted by Crippen LogP contribution is -2.22. The van der Waals surface area contributed by atoms with E-state index in [9.17, 15) is 0 Å². The average molecular weight is 370 g/mol. The summed E-state index contributed by atoms with van der Waals surface area (Å²) in [6.07, 6.45) is 4.10. The summed E-state index contributed by atoms with van der Waals surface area (Å²) in [4.78, 5) is 0. The molecule has 2 aromatic carbocycles. The van der Waals surface area contributed by atoms with Gasteiger partial charge in [0.05, 0.1) is 6.61 Å². The zero-order valence-corrected chi connectivity index (χ0v) is 16.6. The molecule has 0 aliphatic carbocycles. The second-order valence-electron chi connectivity index (χ2n) is 7.42. The minimum Gasteiger partial charge on any atom is -0.465 e. The van der Waals surface area contributed by atoms with Gasteiger partial charge in [0.2, 0.25) is 6.79 Å². The monoisotopic (exact) mass is 370 g/mol. The summed E-state index contributed by atoms with van der Waals surface area (Å²) >= 11 is 0. The van der Waals surface area contributed by atoms with Crippen molar-refractivity contribution in [3.05, 3.63) is 53.6 Å². The van der Waals surface area contributed by atoms with Gasteiger partial charge in [0, 0.05) is 6.42 Å². The van der Waals surface area contributed by atoms with Crippen LogP contribution >= 0.6 is 0 Å². The van der Waals surface area contributed by atoms with Crippen molar-refractivity contribution in [2.75, 3.05) is 6.79 Å². The molecule has 0 spiro atoms. The fourth-order valence-corrected chi connectivity index (χ4v) is 3.02. The number of benzene rings is 2. The maximum Gasteiger partial charge on any atom is 0.231 e. The van der Waals surface area contributed by atoms with E-state index in [-0.39, 0.29) is 13.1 Å². The third-order valence-electron chi connectivity index (χ3n) is 4.55. The predicted molar refractivity (Wildman–Crippen MR) is 106 cm³/mol. The van der Waals surface area contributed by atoms with Gasteiger partial charge >= 0.3 is 0 Å². The number of rotatable bonds is 10. The Balaban J connectivity index is 1.58. The van der Waals surface area contributed by atoms with Gasteiger partial charge in [-0.3, -0.25) is 0 Å². The lowest BCUT2D eigenvalue weighted by atomic mass is 10.1. The maximum atomic E-state index is 6.12. The average Bonchev–Trinajstić information content (AvgIpc) is 3.13. The van der Waals surface area contributed by atoms with E-state index in [0.29, 0.717) is 12.5 Å². The molecule has 0 radical (unpaired) electrons. The standard InChI is InChI=1S/C23H30O4/c1-4-5-6-18-7-10-20(11-8-18)27-23(13-17(2)3)24-15-19-9-12-21-22(14-19)26-16-25-21/h7-12,14,17,23H,4-6,13,15-16H2,1-3H3. The molecule has 0 aromatic heterocycles. The fraction of sp³-hybridized carbons (Fsp3) is 0.478. The van der Waals surface area contributed by atoms with Crippen LogP contribution < -0.4 is 14.2 Å². The van der Waals surface area contributed by atoms with Crippen LogP contribution in [-0.4, -0.2) is 13.1 Å². The molecule has 0 amide bonds. The molecular formula is C23H30O4. The molecule has 0 saturated carbocycles. The van der Waals surface area contributed by atoms with Gasteiger partial charge in [-0.05, 0) is 54.2 Å². The Bertz CT molecular complexity index is 709. The van der Waals surface area contributed by atoms with Gasteiger partial charge in [-0.1, -0.05) is 45.4 Å². The first-order chi connectivity index (χ1) is 13.1. The van der Waals surface area contributed by atoms with E-state index in [0.717, 1.165) is 35.7 Å². The molecule has 1 unspecified atom stereocenters. The Labute approximate surface area is 162 Å². The molecule has 0 N–H and O–H groups in total. The Morgan fingerprint density at radius 3 is 2.44 bits per heavy atom. The molecule has 1 aliphatic rings. The smallest absolute Gasteiger partial charge is 0.231 e. The van der Waals surface area contributed by atoms with Crippen LogP contribution in [0.15, 0.2) is 42.5 Å². The number of hydrogen-bond donors (Lipinski definition) is 0. The van der Waals surface area contributed by atoms with Crippen LogP contribution in [0.2, 0.25) is 0 Å². The van der Waals surface area contributed by atoms with Gasteiger partial charge in [-0.15, -0.1) is 0 Å². The van der Waals surface area contributed by atoms with Crippen molar-refractivity contribution in [1.82, 2.24) is 0 Å². The lowest BCUT2D eigenvalue weighted by Gasteiger charge is -2.21. The van der Waals surface area contributed by atoms with Gasteiger partial charge in [0.25, 0.3) is 0 Å². The molecule has 0 bridgehead atoms. The highest BCUT2D eigenvalue weighted by atomic mass is 16.7. The van der Waals surface area contributed by atoms with Gasteiger partial charge < -0.3 is 18.9 Å². The summed E-state index contributed by atoms with van der Waals surface area (Å²) in [5, 5.41) is 0. The Kier molecular flexibility index (Phi) is 6.99. The highest BCUT2D eigenvalue weighted by molar-refractivity contribution is 5.44. The largest absolute Gasteiger partial charge is 0.465 e. The van der Waals surface area contributed by atoms with E-state index in [1.165, 1.54) is 18.4 Å². The second kappa shape index (κ2) is 9.65. The van der Waals surface area contributed by atoms with Crippen molar-refractivity contribution in [2.45, 2.75) is 59.4 Å². The minimum atomic E-state index is -0.281. The van der Waals surface area contributed by atoms with Crippen LogP contribution in [0.5, 0.6) is 17.2 Å². The zero-order valence-electron chi connectivity index (χ0n) is 16.6. The van der Waals surface area contributed by atoms with Gasteiger partial charge in [-0.2, -0.15) is 0 Å². The van der Waals surface area contributed by atoms with E-state index in [4.69, 9.17) is 18.9 Å². The number of aryl methyl sites for hydroxylation is 1. The van der Waals surface area contributed by atoms with Gasteiger partial charge in [0.15, 0.2) is 17.8 Å². The summed E-state index contributed by atoms with van der Waals surface area (Å²) in [6, 6.07) is 14.3. The summed E-state index contributed by atoms with van der Waals surface area (Å²) in [7, 11) is 0. The Hall–Kier alpha value is -2.20. The minimum absolute atomic E-state index is 0.281. The van der Waals surface area contributed by atoms with Crippen molar-refractivity contribution in [3.63, 3.8) is 0 Å². The van der Waals surface area contributed by atoms with Crippen LogP contribution in [0.25, 0.3) is 0 Å². The lowest BCUT2D eigenvalue weighted by molar-refractivity contribution is -0.0993. The highest BCUT2D eigenvalue weighted by Crippen LogP contribution is 2.33. The molecule has 0 fully saturated rings. The Morgan fingerprint density at radius 1 is 0.963 bits per heavy atom. The van der Waals surface area contributed by atoms with Crippen molar-refractivity contribution >= 4 is 0 Å². The first-order valence-corrected chi connectivity index (χ1v) is 9.89. The predicted octanol–water partition coefficient (Wildman–Crippen LogP) is 5.73. The number of fused-ring (bicyclic) bond motifs is 1. The van der Waals surface area contributed by atoms with Crippen LogP contribution in [0.3, 0.4) is 0 Å². The summed E-state index contributed by atoms with van der Waals surface area (Å²) in [6.45, 7) is 7.32. The number of unbranched alkanes of at least 4 members (excludes halogenated alkanes) is 1. The van der Waals surface area contributed by atoms with Crippen molar-refractivity contribution < 1.29 is 18.9 Å². The third-order valence-corrected chi connectivity index (χ3v) is 4.55. The maximum absolute atomic E-state index is 6.12. The van der Waals surface area contributed by atoms with E-state index in [1.807, 2.05) is 30.3 Å². The van der Waals surface area contributed by atoms with Crippen molar-refractivity contribution in [3.8, 4) is 17.2 Å². The van der Waals surface area contributed by atoms with Crippen LogP contribution in [0.1, 0.15) is 51.2 Å². The quantitative estimate of drug-likeness (QED) is 0.501. The highest BCUT2D eigenvalue weighted by Gasteiger charge is 2.16. The van der Waals surface area contributed by atoms with E-state index < -0.39 is 0 Å². The van der Waals surface area contributed by atoms with Gasteiger partial charge in [-0.25, -0.2) is 0 Å². The Morgan fingerprint density at radius 2 is 1.70 bits per heavy atom. The summed E-state index contributed by atoms with van der Waals surface area (Å²) < 4.78 is 23.0. The van der Waals surface area contributed by atoms with Crippen LogP contribution in [0, 0.1) is 5.92 Å².